The lowest BCUT2D eigenvalue weighted by Gasteiger charge is -2.09. The van der Waals surface area contributed by atoms with Crippen LogP contribution in [0.3, 0.4) is 0 Å². The fourth-order valence-corrected chi connectivity index (χ4v) is 2.35. The highest BCUT2D eigenvalue weighted by Gasteiger charge is 2.13. The van der Waals surface area contributed by atoms with E-state index in [1.54, 1.807) is 6.07 Å². The van der Waals surface area contributed by atoms with Gasteiger partial charge in [-0.15, -0.1) is 0 Å². The molecule has 0 unspecified atom stereocenters. The van der Waals surface area contributed by atoms with E-state index in [9.17, 15) is 10.1 Å². The van der Waals surface area contributed by atoms with Gasteiger partial charge in [-0.25, -0.2) is 9.97 Å². The van der Waals surface area contributed by atoms with Gasteiger partial charge in [0.25, 0.3) is 5.69 Å². The van der Waals surface area contributed by atoms with Crippen molar-refractivity contribution >= 4 is 28.1 Å². The first kappa shape index (κ1) is 13.9. The lowest BCUT2D eigenvalue weighted by Crippen LogP contribution is -1.99. The van der Waals surface area contributed by atoms with Crippen molar-refractivity contribution in [3.63, 3.8) is 0 Å². The summed E-state index contributed by atoms with van der Waals surface area (Å²) in [5.41, 5.74) is 2.28. The van der Waals surface area contributed by atoms with Crippen LogP contribution in [0.25, 0.3) is 10.9 Å². The van der Waals surface area contributed by atoms with Gasteiger partial charge >= 0.3 is 0 Å². The van der Waals surface area contributed by atoms with Crippen LogP contribution in [0.2, 0.25) is 0 Å². The van der Waals surface area contributed by atoms with Gasteiger partial charge in [0, 0.05) is 22.7 Å². The van der Waals surface area contributed by atoms with Crippen molar-refractivity contribution in [3.8, 4) is 0 Å². The third kappa shape index (κ3) is 2.58. The van der Waals surface area contributed by atoms with Crippen molar-refractivity contribution in [1.82, 2.24) is 9.97 Å². The van der Waals surface area contributed by atoms with E-state index in [0.717, 1.165) is 10.9 Å². The van der Waals surface area contributed by atoms with Gasteiger partial charge in [0.05, 0.1) is 10.4 Å². The number of nitrogens with zero attached hydrogens (tertiary/aromatic N) is 3. The van der Waals surface area contributed by atoms with E-state index in [4.69, 9.17) is 0 Å². The molecular formula is C16H14N4O2. The second-order valence-electron chi connectivity index (χ2n) is 4.82. The Hall–Kier alpha value is -3.02. The van der Waals surface area contributed by atoms with Crippen LogP contribution < -0.4 is 5.32 Å². The average Bonchev–Trinajstić information content (AvgIpc) is 2.55. The van der Waals surface area contributed by atoms with Crippen LogP contribution in [0.4, 0.5) is 17.2 Å². The quantitative estimate of drug-likeness (QED) is 0.584. The third-order valence-corrected chi connectivity index (χ3v) is 3.47. The summed E-state index contributed by atoms with van der Waals surface area (Å²) in [7, 11) is 0. The van der Waals surface area contributed by atoms with Gasteiger partial charge in [0.15, 0.2) is 0 Å². The summed E-state index contributed by atoms with van der Waals surface area (Å²) >= 11 is 0. The molecule has 0 bridgehead atoms. The predicted molar refractivity (Wildman–Crippen MR) is 85.3 cm³/mol. The number of nitrogens with one attached hydrogen (secondary N) is 1. The van der Waals surface area contributed by atoms with Crippen LogP contribution in [0, 0.1) is 10.1 Å². The zero-order chi connectivity index (χ0) is 15.5. The van der Waals surface area contributed by atoms with E-state index in [2.05, 4.69) is 15.3 Å². The number of fused-ring (bicyclic) bond motifs is 1. The lowest BCUT2D eigenvalue weighted by molar-refractivity contribution is -0.385. The maximum atomic E-state index is 11.1. The fraction of sp³-hybridized carbons (Fsp3) is 0.125. The predicted octanol–water partition coefficient (Wildman–Crippen LogP) is 3.84. The minimum absolute atomic E-state index is 0.117. The van der Waals surface area contributed by atoms with Crippen molar-refractivity contribution in [3.05, 3.63) is 64.5 Å². The van der Waals surface area contributed by atoms with Gasteiger partial charge in [0.2, 0.25) is 0 Å². The van der Waals surface area contributed by atoms with Gasteiger partial charge in [-0.05, 0) is 24.6 Å². The highest BCUT2D eigenvalue weighted by Crippen LogP contribution is 2.27. The van der Waals surface area contributed by atoms with E-state index < -0.39 is 0 Å². The molecule has 22 heavy (non-hydrogen) atoms. The summed E-state index contributed by atoms with van der Waals surface area (Å²) in [4.78, 5) is 19.2. The molecule has 6 heteroatoms. The third-order valence-electron chi connectivity index (χ3n) is 3.47. The Morgan fingerprint density at radius 1 is 1.18 bits per heavy atom. The first-order chi connectivity index (χ1) is 10.7. The Morgan fingerprint density at radius 2 is 2.00 bits per heavy atom. The summed E-state index contributed by atoms with van der Waals surface area (Å²) in [5.74, 6) is 0.629. The molecule has 0 radical (unpaired) electrons. The van der Waals surface area contributed by atoms with Crippen LogP contribution in [-0.2, 0) is 6.42 Å². The van der Waals surface area contributed by atoms with E-state index in [-0.39, 0.29) is 10.6 Å². The van der Waals surface area contributed by atoms with Gasteiger partial charge in [-0.3, -0.25) is 10.1 Å². The minimum atomic E-state index is -0.359. The standard InChI is InChI=1S/C16H14N4O2/c1-2-11-7-8-12(9-15(11)20(21)22)19-16-13-5-3-4-6-14(13)17-10-18-16/h3-10H,2H2,1H3,(H,17,18,19). The Bertz CT molecular complexity index is 843. The molecule has 0 aliphatic rings. The molecule has 3 rings (SSSR count). The number of benzene rings is 2. The Morgan fingerprint density at radius 3 is 2.77 bits per heavy atom. The highest BCUT2D eigenvalue weighted by molar-refractivity contribution is 5.90. The molecule has 1 N–H and O–H groups in total. The van der Waals surface area contributed by atoms with Gasteiger partial charge in [-0.2, -0.15) is 0 Å². The molecule has 1 heterocycles. The van der Waals surface area contributed by atoms with Crippen LogP contribution in [0.5, 0.6) is 0 Å². The van der Waals surface area contributed by atoms with E-state index in [0.29, 0.717) is 23.5 Å². The molecule has 2 aromatic carbocycles. The SMILES string of the molecule is CCc1ccc(Nc2ncnc3ccccc23)cc1[N+](=O)[O-]. The van der Waals surface area contributed by atoms with E-state index in [1.165, 1.54) is 12.4 Å². The monoisotopic (exact) mass is 294 g/mol. The molecule has 110 valence electrons. The fourth-order valence-electron chi connectivity index (χ4n) is 2.35. The van der Waals surface area contributed by atoms with E-state index in [1.807, 2.05) is 37.3 Å². The number of aryl methyl sites for hydroxylation is 1. The van der Waals surface area contributed by atoms with Crippen LogP contribution >= 0.6 is 0 Å². The first-order valence-corrected chi connectivity index (χ1v) is 6.93. The molecule has 0 atom stereocenters. The zero-order valence-electron chi connectivity index (χ0n) is 12.0. The summed E-state index contributed by atoms with van der Waals surface area (Å²) in [6, 6.07) is 12.7. The highest BCUT2D eigenvalue weighted by atomic mass is 16.6. The Balaban J connectivity index is 2.02. The molecule has 0 aliphatic heterocycles. The smallest absolute Gasteiger partial charge is 0.274 e. The second-order valence-corrected chi connectivity index (χ2v) is 4.82. The van der Waals surface area contributed by atoms with Gasteiger partial charge in [-0.1, -0.05) is 25.1 Å². The number of hydrogen-bond acceptors (Lipinski definition) is 5. The van der Waals surface area contributed by atoms with Gasteiger partial charge < -0.3 is 5.32 Å². The lowest BCUT2D eigenvalue weighted by atomic mass is 10.1. The molecule has 6 nitrogen and oxygen atoms in total. The Labute approximate surface area is 127 Å². The van der Waals surface area contributed by atoms with Crippen LogP contribution in [-0.4, -0.2) is 14.9 Å². The number of nitro benzene ring substituents is 1. The largest absolute Gasteiger partial charge is 0.339 e. The number of nitro groups is 1. The van der Waals surface area contributed by atoms with Crippen LogP contribution in [0.15, 0.2) is 48.8 Å². The summed E-state index contributed by atoms with van der Waals surface area (Å²) in [5, 5.41) is 15.2. The average molecular weight is 294 g/mol. The second kappa shape index (κ2) is 5.77. The van der Waals surface area contributed by atoms with Crippen molar-refractivity contribution in [2.75, 3.05) is 5.32 Å². The van der Waals surface area contributed by atoms with E-state index >= 15 is 0 Å². The molecule has 0 saturated heterocycles. The number of aromatic nitrogens is 2. The minimum Gasteiger partial charge on any atom is -0.339 e. The number of anilines is 2. The molecule has 0 saturated carbocycles. The molecule has 0 amide bonds. The van der Waals surface area contributed by atoms with Crippen molar-refractivity contribution < 1.29 is 4.92 Å². The zero-order valence-corrected chi connectivity index (χ0v) is 12.0. The summed E-state index contributed by atoms with van der Waals surface area (Å²) in [6.07, 6.45) is 2.09. The number of para-hydroxylation sites is 1. The van der Waals surface area contributed by atoms with Gasteiger partial charge in [0.1, 0.15) is 12.1 Å². The normalized spacial score (nSPS) is 10.6. The molecule has 0 aliphatic carbocycles. The molecule has 0 spiro atoms. The van der Waals surface area contributed by atoms with Crippen molar-refractivity contribution in [2.45, 2.75) is 13.3 Å². The summed E-state index contributed by atoms with van der Waals surface area (Å²) < 4.78 is 0. The first-order valence-electron chi connectivity index (χ1n) is 6.93. The van der Waals surface area contributed by atoms with Crippen molar-refractivity contribution in [1.29, 1.82) is 0 Å². The van der Waals surface area contributed by atoms with Crippen LogP contribution in [0.1, 0.15) is 12.5 Å². The Kier molecular flexibility index (Phi) is 3.65. The molecule has 1 aromatic heterocycles. The maximum absolute atomic E-state index is 11.1. The van der Waals surface area contributed by atoms with Crippen molar-refractivity contribution in [2.24, 2.45) is 0 Å². The molecule has 3 aromatic rings. The molecule has 0 fully saturated rings. The maximum Gasteiger partial charge on any atom is 0.274 e. The topological polar surface area (TPSA) is 81.0 Å². The number of rotatable bonds is 4. The molecular weight excluding hydrogens is 280 g/mol. The summed E-state index contributed by atoms with van der Waals surface area (Å²) in [6.45, 7) is 1.90. The number of hydrogen-bond donors (Lipinski definition) is 1.